The van der Waals surface area contributed by atoms with Gasteiger partial charge in [-0.15, -0.1) is 11.3 Å². The van der Waals surface area contributed by atoms with Crippen LogP contribution in [0, 0.1) is 6.92 Å². The molecule has 0 saturated heterocycles. The lowest BCUT2D eigenvalue weighted by Crippen LogP contribution is -2.12. The van der Waals surface area contributed by atoms with Gasteiger partial charge >= 0.3 is 0 Å². The molecule has 0 fully saturated rings. The number of ether oxygens (including phenoxy) is 2. The van der Waals surface area contributed by atoms with Crippen LogP contribution in [-0.4, -0.2) is 24.6 Å². The van der Waals surface area contributed by atoms with Crippen LogP contribution in [0.1, 0.15) is 23.0 Å². The zero-order valence-corrected chi connectivity index (χ0v) is 15.7. The summed E-state index contributed by atoms with van der Waals surface area (Å²) >= 11 is 1.41. The summed E-state index contributed by atoms with van der Waals surface area (Å²) in [5.41, 5.74) is 3.16. The number of nitrogens with one attached hydrogen (secondary N) is 1. The summed E-state index contributed by atoms with van der Waals surface area (Å²) in [5, 5.41) is 5.36. The number of aryl methyl sites for hydroxylation is 1. The smallest absolute Gasteiger partial charge is 0.275 e. The van der Waals surface area contributed by atoms with Crippen LogP contribution in [0.15, 0.2) is 47.8 Å². The predicted octanol–water partition coefficient (Wildman–Crippen LogP) is 4.78. The highest BCUT2D eigenvalue weighted by atomic mass is 32.1. The molecule has 0 atom stereocenters. The number of aromatic nitrogens is 1. The van der Waals surface area contributed by atoms with Gasteiger partial charge in [0, 0.05) is 16.6 Å². The first kappa shape index (κ1) is 17.9. The van der Waals surface area contributed by atoms with Gasteiger partial charge in [0.2, 0.25) is 0 Å². The Morgan fingerprint density at radius 1 is 1.15 bits per heavy atom. The van der Waals surface area contributed by atoms with Gasteiger partial charge in [0.05, 0.1) is 13.7 Å². The third-order valence-corrected chi connectivity index (χ3v) is 4.65. The van der Waals surface area contributed by atoms with Crippen LogP contribution >= 0.6 is 11.3 Å². The van der Waals surface area contributed by atoms with E-state index in [1.807, 2.05) is 56.3 Å². The van der Waals surface area contributed by atoms with Crippen LogP contribution in [0.2, 0.25) is 0 Å². The van der Waals surface area contributed by atoms with Crippen LogP contribution in [-0.2, 0) is 0 Å². The lowest BCUT2D eigenvalue weighted by atomic mass is 10.2. The fraction of sp³-hybridized carbons (Fsp3) is 0.200. The van der Waals surface area contributed by atoms with Crippen molar-refractivity contribution in [2.24, 2.45) is 0 Å². The Balaban J connectivity index is 1.78. The van der Waals surface area contributed by atoms with Crippen LogP contribution in [0.25, 0.3) is 10.6 Å². The van der Waals surface area contributed by atoms with Crippen LogP contribution in [0.3, 0.4) is 0 Å². The highest BCUT2D eigenvalue weighted by Crippen LogP contribution is 2.33. The monoisotopic (exact) mass is 368 g/mol. The Morgan fingerprint density at radius 2 is 1.92 bits per heavy atom. The summed E-state index contributed by atoms with van der Waals surface area (Å²) in [4.78, 5) is 16.8. The molecule has 26 heavy (non-hydrogen) atoms. The van der Waals surface area contributed by atoms with Crippen molar-refractivity contribution in [3.05, 3.63) is 59.1 Å². The number of hydrogen-bond donors (Lipinski definition) is 1. The first-order valence-electron chi connectivity index (χ1n) is 8.25. The quantitative estimate of drug-likeness (QED) is 0.680. The van der Waals surface area contributed by atoms with E-state index in [1.54, 1.807) is 12.5 Å². The molecule has 0 bridgehead atoms. The third kappa shape index (κ3) is 4.03. The maximum absolute atomic E-state index is 12.4. The Kier molecular flexibility index (Phi) is 5.53. The van der Waals surface area contributed by atoms with Crippen LogP contribution in [0.4, 0.5) is 5.69 Å². The molecule has 0 spiro atoms. The zero-order valence-electron chi connectivity index (χ0n) is 14.9. The predicted molar refractivity (Wildman–Crippen MR) is 104 cm³/mol. The molecule has 3 rings (SSSR count). The minimum Gasteiger partial charge on any atom is -0.493 e. The molecular formula is C20H20N2O3S. The average Bonchev–Trinajstić information content (AvgIpc) is 3.14. The molecule has 1 heterocycles. The molecule has 0 saturated carbocycles. The van der Waals surface area contributed by atoms with Gasteiger partial charge in [-0.2, -0.15) is 0 Å². The van der Waals surface area contributed by atoms with E-state index in [1.165, 1.54) is 11.3 Å². The number of carbonyl (C=O) groups excluding carboxylic acids is 1. The number of anilines is 1. The molecule has 6 heteroatoms. The summed E-state index contributed by atoms with van der Waals surface area (Å²) in [6, 6.07) is 13.3. The lowest BCUT2D eigenvalue weighted by molar-refractivity contribution is 0.102. The van der Waals surface area contributed by atoms with E-state index in [4.69, 9.17) is 9.47 Å². The van der Waals surface area contributed by atoms with E-state index in [-0.39, 0.29) is 5.91 Å². The Labute approximate surface area is 156 Å². The van der Waals surface area contributed by atoms with E-state index in [0.29, 0.717) is 23.8 Å². The van der Waals surface area contributed by atoms with Crippen molar-refractivity contribution in [2.75, 3.05) is 19.0 Å². The number of carbonyl (C=O) groups is 1. The molecule has 0 aliphatic rings. The van der Waals surface area contributed by atoms with Gasteiger partial charge in [-0.25, -0.2) is 4.98 Å². The molecule has 2 aromatic carbocycles. The van der Waals surface area contributed by atoms with Crippen molar-refractivity contribution in [1.82, 2.24) is 4.98 Å². The third-order valence-electron chi connectivity index (χ3n) is 3.76. The molecule has 1 amide bonds. The Morgan fingerprint density at radius 3 is 2.62 bits per heavy atom. The molecule has 3 aromatic rings. The molecule has 0 aliphatic carbocycles. The largest absolute Gasteiger partial charge is 0.493 e. The van der Waals surface area contributed by atoms with Crippen molar-refractivity contribution in [1.29, 1.82) is 0 Å². The summed E-state index contributed by atoms with van der Waals surface area (Å²) in [6.45, 7) is 4.49. The SMILES string of the molecule is CCOc1ccc(-c2nc(C(=O)Nc3ccc(C)cc3)cs2)cc1OC. The van der Waals surface area contributed by atoms with Crippen LogP contribution in [0.5, 0.6) is 11.5 Å². The summed E-state index contributed by atoms with van der Waals surface area (Å²) < 4.78 is 10.9. The van der Waals surface area contributed by atoms with Gasteiger partial charge in [0.25, 0.3) is 5.91 Å². The average molecular weight is 368 g/mol. The summed E-state index contributed by atoms with van der Waals surface area (Å²) in [6.07, 6.45) is 0. The van der Waals surface area contributed by atoms with E-state index >= 15 is 0 Å². The van der Waals surface area contributed by atoms with Crippen molar-refractivity contribution in [3.8, 4) is 22.1 Å². The number of benzene rings is 2. The molecule has 0 unspecified atom stereocenters. The van der Waals surface area contributed by atoms with Crippen molar-refractivity contribution < 1.29 is 14.3 Å². The summed E-state index contributed by atoms with van der Waals surface area (Å²) in [5.74, 6) is 1.10. The Hall–Kier alpha value is -2.86. The minimum atomic E-state index is -0.228. The lowest BCUT2D eigenvalue weighted by Gasteiger charge is -2.09. The molecule has 0 radical (unpaired) electrons. The van der Waals surface area contributed by atoms with E-state index in [0.717, 1.165) is 21.8 Å². The maximum atomic E-state index is 12.4. The summed E-state index contributed by atoms with van der Waals surface area (Å²) in [7, 11) is 1.60. The van der Waals surface area contributed by atoms with Gasteiger partial charge in [0.15, 0.2) is 11.5 Å². The minimum absolute atomic E-state index is 0.228. The molecule has 1 N–H and O–H groups in total. The number of nitrogens with zero attached hydrogens (tertiary/aromatic N) is 1. The second-order valence-electron chi connectivity index (χ2n) is 5.66. The fourth-order valence-electron chi connectivity index (χ4n) is 2.42. The highest BCUT2D eigenvalue weighted by Gasteiger charge is 2.14. The fourth-order valence-corrected chi connectivity index (χ4v) is 3.22. The number of amides is 1. The van der Waals surface area contributed by atoms with Crippen LogP contribution < -0.4 is 14.8 Å². The van der Waals surface area contributed by atoms with E-state index < -0.39 is 0 Å². The second kappa shape index (κ2) is 8.01. The number of thiazole rings is 1. The Bertz CT molecular complexity index is 904. The molecule has 0 aliphatic heterocycles. The standard InChI is InChI=1S/C20H20N2O3S/c1-4-25-17-10-7-14(11-18(17)24-3)20-22-16(12-26-20)19(23)21-15-8-5-13(2)6-9-15/h5-12H,4H2,1-3H3,(H,21,23). The highest BCUT2D eigenvalue weighted by molar-refractivity contribution is 7.13. The van der Waals surface area contributed by atoms with Gasteiger partial charge in [-0.1, -0.05) is 17.7 Å². The van der Waals surface area contributed by atoms with Crippen molar-refractivity contribution >= 4 is 22.9 Å². The molecule has 5 nitrogen and oxygen atoms in total. The normalized spacial score (nSPS) is 10.4. The van der Waals surface area contributed by atoms with E-state index in [9.17, 15) is 4.79 Å². The first-order valence-corrected chi connectivity index (χ1v) is 9.13. The van der Waals surface area contributed by atoms with E-state index in [2.05, 4.69) is 10.3 Å². The molecule has 1 aromatic heterocycles. The zero-order chi connectivity index (χ0) is 18.5. The molecular weight excluding hydrogens is 348 g/mol. The van der Waals surface area contributed by atoms with Gasteiger partial charge in [-0.05, 0) is 44.2 Å². The number of hydrogen-bond acceptors (Lipinski definition) is 5. The second-order valence-corrected chi connectivity index (χ2v) is 6.51. The number of methoxy groups -OCH3 is 1. The maximum Gasteiger partial charge on any atom is 0.275 e. The topological polar surface area (TPSA) is 60.5 Å². The van der Waals surface area contributed by atoms with Crippen molar-refractivity contribution in [2.45, 2.75) is 13.8 Å². The van der Waals surface area contributed by atoms with Gasteiger partial charge in [-0.3, -0.25) is 4.79 Å². The molecule has 134 valence electrons. The number of rotatable bonds is 6. The van der Waals surface area contributed by atoms with Gasteiger partial charge in [0.1, 0.15) is 10.7 Å². The van der Waals surface area contributed by atoms with Crippen molar-refractivity contribution in [3.63, 3.8) is 0 Å². The van der Waals surface area contributed by atoms with Gasteiger partial charge < -0.3 is 14.8 Å². The first-order chi connectivity index (χ1) is 12.6.